The van der Waals surface area contributed by atoms with Crippen molar-refractivity contribution in [1.82, 2.24) is 5.32 Å². The molecule has 1 saturated heterocycles. The van der Waals surface area contributed by atoms with Gasteiger partial charge in [-0.3, -0.25) is 4.79 Å². The number of hydrogen-bond donors (Lipinski definition) is 1. The van der Waals surface area contributed by atoms with Crippen LogP contribution in [0.4, 0.5) is 8.78 Å². The summed E-state index contributed by atoms with van der Waals surface area (Å²) in [6.07, 6.45) is 0.130. The van der Waals surface area contributed by atoms with Crippen LogP contribution in [0, 0.1) is 5.92 Å². The molecule has 0 bridgehead atoms. The summed E-state index contributed by atoms with van der Waals surface area (Å²) in [7, 11) is 0. The number of rotatable bonds is 0. The summed E-state index contributed by atoms with van der Waals surface area (Å²) in [6, 6.07) is -0.489. The van der Waals surface area contributed by atoms with Crippen molar-refractivity contribution >= 4 is 5.91 Å². The summed E-state index contributed by atoms with van der Waals surface area (Å²) < 4.78 is 25.7. The van der Waals surface area contributed by atoms with Gasteiger partial charge in [0.15, 0.2) is 0 Å². The Balaban J connectivity index is 2.22. The molecule has 0 radical (unpaired) electrons. The van der Waals surface area contributed by atoms with Gasteiger partial charge in [0.1, 0.15) is 6.17 Å². The van der Waals surface area contributed by atoms with E-state index >= 15 is 0 Å². The van der Waals surface area contributed by atoms with Crippen LogP contribution in [0.2, 0.25) is 0 Å². The summed E-state index contributed by atoms with van der Waals surface area (Å²) in [5, 5.41) is 2.50. The molecule has 0 aromatic carbocycles. The van der Waals surface area contributed by atoms with Crippen LogP contribution < -0.4 is 5.32 Å². The highest BCUT2D eigenvalue weighted by Gasteiger charge is 2.40. The van der Waals surface area contributed by atoms with Crippen molar-refractivity contribution in [3.8, 4) is 0 Å². The molecule has 2 nitrogen and oxygen atoms in total. The van der Waals surface area contributed by atoms with E-state index in [1.807, 2.05) is 0 Å². The molecular formula is C8H9F2NO. The van der Waals surface area contributed by atoms with E-state index in [1.165, 1.54) is 6.08 Å². The van der Waals surface area contributed by atoms with Crippen LogP contribution in [0.25, 0.3) is 0 Å². The average Bonchev–Trinajstić information content (AvgIpc) is 2.29. The third-order valence-electron chi connectivity index (χ3n) is 2.38. The number of amides is 1. The summed E-state index contributed by atoms with van der Waals surface area (Å²) >= 11 is 0. The van der Waals surface area contributed by atoms with Gasteiger partial charge in [-0.2, -0.15) is 0 Å². The molecule has 1 aliphatic carbocycles. The lowest BCUT2D eigenvalue weighted by atomic mass is 9.89. The monoisotopic (exact) mass is 173 g/mol. The van der Waals surface area contributed by atoms with Crippen LogP contribution in [-0.4, -0.2) is 18.1 Å². The number of carbonyl (C=O) groups is 1. The van der Waals surface area contributed by atoms with Gasteiger partial charge in [-0.05, 0) is 6.08 Å². The zero-order valence-electron chi connectivity index (χ0n) is 6.39. The molecular weight excluding hydrogens is 164 g/mol. The Morgan fingerprint density at radius 3 is 3.00 bits per heavy atom. The molecule has 0 aromatic heterocycles. The third-order valence-corrected chi connectivity index (χ3v) is 2.38. The molecule has 0 aromatic rings. The number of carbonyl (C=O) groups excluding carboxylic acids is 1. The number of halogens is 2. The Morgan fingerprint density at radius 2 is 2.25 bits per heavy atom. The second-order valence-corrected chi connectivity index (χ2v) is 3.29. The second-order valence-electron chi connectivity index (χ2n) is 3.29. The lowest BCUT2D eigenvalue weighted by Gasteiger charge is -2.24. The van der Waals surface area contributed by atoms with Gasteiger partial charge in [0, 0.05) is 18.8 Å². The second kappa shape index (κ2) is 2.54. The Bertz CT molecular complexity index is 251. The maximum atomic E-state index is 13.1. The minimum Gasteiger partial charge on any atom is -0.350 e. The van der Waals surface area contributed by atoms with Crippen molar-refractivity contribution in [2.45, 2.75) is 25.1 Å². The molecule has 2 rings (SSSR count). The first-order chi connectivity index (χ1) is 5.66. The minimum atomic E-state index is -1.26. The first-order valence-electron chi connectivity index (χ1n) is 3.96. The van der Waals surface area contributed by atoms with Crippen LogP contribution in [-0.2, 0) is 4.79 Å². The third kappa shape index (κ3) is 1.11. The molecule has 1 N–H and O–H groups in total. The number of nitrogens with one attached hydrogen (secondary N) is 1. The molecule has 1 amide bonds. The molecule has 1 heterocycles. The van der Waals surface area contributed by atoms with Gasteiger partial charge < -0.3 is 5.32 Å². The quantitative estimate of drug-likeness (QED) is 0.583. The Morgan fingerprint density at radius 1 is 1.50 bits per heavy atom. The van der Waals surface area contributed by atoms with E-state index in [2.05, 4.69) is 5.32 Å². The van der Waals surface area contributed by atoms with E-state index < -0.39 is 18.0 Å². The van der Waals surface area contributed by atoms with Gasteiger partial charge in [0.2, 0.25) is 5.91 Å². The van der Waals surface area contributed by atoms with Crippen molar-refractivity contribution < 1.29 is 13.6 Å². The molecule has 0 unspecified atom stereocenters. The maximum absolute atomic E-state index is 13.1. The van der Waals surface area contributed by atoms with Gasteiger partial charge in [-0.1, -0.05) is 0 Å². The number of alkyl halides is 1. The molecule has 2 aliphatic rings. The van der Waals surface area contributed by atoms with E-state index in [0.29, 0.717) is 0 Å². The van der Waals surface area contributed by atoms with Gasteiger partial charge in [0.05, 0.1) is 11.9 Å². The number of fused-ring (bicyclic) bond motifs is 1. The molecule has 0 spiro atoms. The number of allylic oxidation sites excluding steroid dienone is 1. The van der Waals surface area contributed by atoms with E-state index in [9.17, 15) is 13.6 Å². The summed E-state index contributed by atoms with van der Waals surface area (Å²) in [6.45, 7) is 0. The predicted octanol–water partition coefficient (Wildman–Crippen LogP) is 1.09. The Labute approximate surface area is 68.6 Å². The zero-order chi connectivity index (χ0) is 8.72. The molecule has 1 fully saturated rings. The number of hydrogen-bond acceptors (Lipinski definition) is 1. The predicted molar refractivity (Wildman–Crippen MR) is 38.7 cm³/mol. The fourth-order valence-corrected chi connectivity index (χ4v) is 1.83. The van der Waals surface area contributed by atoms with Crippen LogP contribution in [0.5, 0.6) is 0 Å². The standard InChI is InChI=1S/C8H9F2NO/c9-5-1-4-2-7(12)11-8(4)6(10)3-5/h1,4,6,8H,2-3H2,(H,11,12)/t4-,6-,8-/m1/s1. The topological polar surface area (TPSA) is 29.1 Å². The molecule has 0 saturated carbocycles. The van der Waals surface area contributed by atoms with E-state index in [4.69, 9.17) is 0 Å². The van der Waals surface area contributed by atoms with E-state index in [0.717, 1.165) is 0 Å². The normalized spacial score (nSPS) is 40.3. The van der Waals surface area contributed by atoms with Crippen molar-refractivity contribution in [3.05, 3.63) is 11.9 Å². The van der Waals surface area contributed by atoms with Crippen LogP contribution >= 0.6 is 0 Å². The van der Waals surface area contributed by atoms with Crippen LogP contribution in [0.15, 0.2) is 11.9 Å². The molecule has 4 heteroatoms. The molecule has 12 heavy (non-hydrogen) atoms. The molecule has 66 valence electrons. The minimum absolute atomic E-state index is 0.182. The van der Waals surface area contributed by atoms with Crippen molar-refractivity contribution in [3.63, 3.8) is 0 Å². The lowest BCUT2D eigenvalue weighted by molar-refractivity contribution is -0.119. The van der Waals surface area contributed by atoms with Gasteiger partial charge in [0.25, 0.3) is 0 Å². The van der Waals surface area contributed by atoms with Crippen molar-refractivity contribution in [1.29, 1.82) is 0 Å². The van der Waals surface area contributed by atoms with Crippen LogP contribution in [0.3, 0.4) is 0 Å². The summed E-state index contributed by atoms with van der Waals surface area (Å²) in [5.41, 5.74) is 0. The highest BCUT2D eigenvalue weighted by atomic mass is 19.1. The first kappa shape index (κ1) is 7.71. The fraction of sp³-hybridized carbons (Fsp3) is 0.625. The SMILES string of the molecule is O=C1C[C@H]2C=C(F)C[C@@H](F)[C@@H]2N1. The van der Waals surface area contributed by atoms with Gasteiger partial charge in [-0.15, -0.1) is 0 Å². The fourth-order valence-electron chi connectivity index (χ4n) is 1.83. The van der Waals surface area contributed by atoms with E-state index in [-0.39, 0.29) is 24.7 Å². The van der Waals surface area contributed by atoms with Crippen molar-refractivity contribution in [2.75, 3.05) is 0 Å². The smallest absolute Gasteiger partial charge is 0.221 e. The lowest BCUT2D eigenvalue weighted by Crippen LogP contribution is -2.39. The Kier molecular flexibility index (Phi) is 1.63. The molecule has 1 aliphatic heterocycles. The maximum Gasteiger partial charge on any atom is 0.221 e. The largest absolute Gasteiger partial charge is 0.350 e. The van der Waals surface area contributed by atoms with Crippen LogP contribution in [0.1, 0.15) is 12.8 Å². The summed E-state index contributed by atoms with van der Waals surface area (Å²) in [5.74, 6) is -0.889. The van der Waals surface area contributed by atoms with Gasteiger partial charge in [-0.25, -0.2) is 8.78 Å². The van der Waals surface area contributed by atoms with Gasteiger partial charge >= 0.3 is 0 Å². The van der Waals surface area contributed by atoms with E-state index in [1.54, 1.807) is 0 Å². The summed E-state index contributed by atoms with van der Waals surface area (Å²) in [4.78, 5) is 10.8. The molecule has 3 atom stereocenters. The Hall–Kier alpha value is -0.930. The highest BCUT2D eigenvalue weighted by molar-refractivity contribution is 5.79. The zero-order valence-corrected chi connectivity index (χ0v) is 6.39. The first-order valence-corrected chi connectivity index (χ1v) is 3.96. The highest BCUT2D eigenvalue weighted by Crippen LogP contribution is 2.32. The average molecular weight is 173 g/mol. The van der Waals surface area contributed by atoms with Crippen molar-refractivity contribution in [2.24, 2.45) is 5.92 Å².